The van der Waals surface area contributed by atoms with Crippen LogP contribution in [0.5, 0.6) is 5.75 Å². The number of ether oxygens (including phenoxy) is 1. The number of hydrogen-bond donors (Lipinski definition) is 1. The highest BCUT2D eigenvalue weighted by Gasteiger charge is 2.34. The quantitative estimate of drug-likeness (QED) is 0.323. The number of hydrogen-bond acceptors (Lipinski definition) is 5. The molecule has 208 valence electrons. The van der Waals surface area contributed by atoms with Crippen LogP contribution in [0.4, 0.5) is 5.69 Å². The van der Waals surface area contributed by atoms with E-state index >= 15 is 0 Å². The predicted molar refractivity (Wildman–Crippen MR) is 153 cm³/mol. The zero-order valence-corrected chi connectivity index (χ0v) is 23.6. The van der Waals surface area contributed by atoms with Crippen molar-refractivity contribution in [2.45, 2.75) is 44.6 Å². The van der Waals surface area contributed by atoms with Gasteiger partial charge in [-0.05, 0) is 56.5 Å². The van der Waals surface area contributed by atoms with E-state index in [1.165, 1.54) is 17.0 Å². The van der Waals surface area contributed by atoms with E-state index in [9.17, 15) is 18.0 Å². The highest BCUT2D eigenvalue weighted by atomic mass is 32.2. The summed E-state index contributed by atoms with van der Waals surface area (Å²) in [5.74, 6) is -0.401. The van der Waals surface area contributed by atoms with Crippen LogP contribution in [-0.4, -0.2) is 57.4 Å². The van der Waals surface area contributed by atoms with Crippen LogP contribution in [-0.2, 0) is 26.0 Å². The fraction of sp³-hybridized carbons (Fsp3) is 0.333. The van der Waals surface area contributed by atoms with Crippen LogP contribution >= 0.6 is 0 Å². The second-order valence-electron chi connectivity index (χ2n) is 8.87. The maximum absolute atomic E-state index is 14.0. The van der Waals surface area contributed by atoms with Gasteiger partial charge in [-0.25, -0.2) is 8.42 Å². The van der Waals surface area contributed by atoms with Crippen molar-refractivity contribution in [1.29, 1.82) is 0 Å². The van der Waals surface area contributed by atoms with Crippen LogP contribution < -0.4 is 14.4 Å². The Kier molecular flexibility index (Phi) is 10.9. The molecule has 0 bridgehead atoms. The molecule has 9 heteroatoms. The van der Waals surface area contributed by atoms with Gasteiger partial charge in [0.05, 0.1) is 17.2 Å². The first-order valence-corrected chi connectivity index (χ1v) is 14.7. The van der Waals surface area contributed by atoms with E-state index in [4.69, 9.17) is 4.74 Å². The fourth-order valence-electron chi connectivity index (χ4n) is 4.36. The molecule has 1 N–H and O–H groups in total. The highest BCUT2D eigenvalue weighted by Crippen LogP contribution is 2.32. The first kappa shape index (κ1) is 29.7. The molecule has 0 spiro atoms. The summed E-state index contributed by atoms with van der Waals surface area (Å²) in [6.07, 6.45) is 0.900. The van der Waals surface area contributed by atoms with E-state index in [0.717, 1.165) is 9.87 Å². The molecule has 3 aromatic carbocycles. The second kappa shape index (κ2) is 14.3. The minimum Gasteiger partial charge on any atom is -0.492 e. The van der Waals surface area contributed by atoms with E-state index in [1.54, 1.807) is 42.5 Å². The Morgan fingerprint density at radius 3 is 2.10 bits per heavy atom. The summed E-state index contributed by atoms with van der Waals surface area (Å²) in [4.78, 5) is 28.5. The lowest BCUT2D eigenvalue weighted by Crippen LogP contribution is -2.53. The smallest absolute Gasteiger partial charge is 0.264 e. The zero-order valence-electron chi connectivity index (χ0n) is 22.7. The van der Waals surface area contributed by atoms with E-state index in [2.05, 4.69) is 5.32 Å². The third kappa shape index (κ3) is 7.60. The second-order valence-corrected chi connectivity index (χ2v) is 10.7. The van der Waals surface area contributed by atoms with Gasteiger partial charge in [-0.3, -0.25) is 13.9 Å². The van der Waals surface area contributed by atoms with Crippen LogP contribution in [0.3, 0.4) is 0 Å². The van der Waals surface area contributed by atoms with Crippen LogP contribution in [0.2, 0.25) is 0 Å². The molecule has 0 saturated carbocycles. The van der Waals surface area contributed by atoms with Crippen LogP contribution in [0.1, 0.15) is 32.8 Å². The fourth-order valence-corrected chi connectivity index (χ4v) is 5.81. The summed E-state index contributed by atoms with van der Waals surface area (Å²) in [7, 11) is -4.15. The van der Waals surface area contributed by atoms with Crippen molar-refractivity contribution in [3.05, 3.63) is 90.5 Å². The lowest BCUT2D eigenvalue weighted by Gasteiger charge is -2.33. The molecule has 3 rings (SSSR count). The first-order chi connectivity index (χ1) is 18.8. The van der Waals surface area contributed by atoms with Gasteiger partial charge in [0.15, 0.2) is 0 Å². The number of rotatable bonds is 14. The Balaban J connectivity index is 2.04. The number of nitrogens with zero attached hydrogens (tertiary/aromatic N) is 2. The van der Waals surface area contributed by atoms with Crippen molar-refractivity contribution in [2.24, 2.45) is 0 Å². The molecule has 0 fully saturated rings. The monoisotopic (exact) mass is 551 g/mol. The number of benzene rings is 3. The normalized spacial score (nSPS) is 11.9. The lowest BCUT2D eigenvalue weighted by atomic mass is 10.1. The number of carbonyl (C=O) groups excluding carboxylic acids is 2. The van der Waals surface area contributed by atoms with Crippen molar-refractivity contribution < 1.29 is 22.7 Å². The maximum Gasteiger partial charge on any atom is 0.264 e. The Hall–Kier alpha value is -3.85. The Labute approximate surface area is 231 Å². The molecule has 0 aliphatic heterocycles. The van der Waals surface area contributed by atoms with E-state index in [-0.39, 0.29) is 23.0 Å². The van der Waals surface area contributed by atoms with Crippen molar-refractivity contribution in [1.82, 2.24) is 10.2 Å². The molecule has 0 heterocycles. The molecule has 0 saturated heterocycles. The summed E-state index contributed by atoms with van der Waals surface area (Å²) >= 11 is 0. The predicted octanol–water partition coefficient (Wildman–Crippen LogP) is 4.27. The third-order valence-corrected chi connectivity index (χ3v) is 8.04. The van der Waals surface area contributed by atoms with Crippen molar-refractivity contribution in [3.8, 4) is 5.75 Å². The van der Waals surface area contributed by atoms with E-state index in [1.807, 2.05) is 51.1 Å². The summed E-state index contributed by atoms with van der Waals surface area (Å²) < 4.78 is 34.7. The Morgan fingerprint density at radius 1 is 0.872 bits per heavy atom. The first-order valence-electron chi connectivity index (χ1n) is 13.2. The largest absolute Gasteiger partial charge is 0.492 e. The number of sulfonamides is 1. The summed E-state index contributed by atoms with van der Waals surface area (Å²) in [5, 5.41) is 2.81. The number of likely N-dealkylation sites (N-methyl/N-ethyl adjacent to an activating group) is 1. The number of nitrogens with one attached hydrogen (secondary N) is 1. The molecule has 2 amide bonds. The molecule has 39 heavy (non-hydrogen) atoms. The number of anilines is 1. The summed E-state index contributed by atoms with van der Waals surface area (Å²) in [6.45, 7) is 5.97. The molecule has 0 aliphatic rings. The van der Waals surface area contributed by atoms with Gasteiger partial charge in [-0.1, -0.05) is 67.6 Å². The van der Waals surface area contributed by atoms with E-state index in [0.29, 0.717) is 31.7 Å². The van der Waals surface area contributed by atoms with Gasteiger partial charge in [0.25, 0.3) is 10.0 Å². The number of para-hydroxylation sites is 2. The van der Waals surface area contributed by atoms with Crippen LogP contribution in [0.15, 0.2) is 89.8 Å². The molecule has 0 aromatic heterocycles. The van der Waals surface area contributed by atoms with Crippen molar-refractivity contribution >= 4 is 27.5 Å². The highest BCUT2D eigenvalue weighted by molar-refractivity contribution is 7.92. The van der Waals surface area contributed by atoms with Gasteiger partial charge >= 0.3 is 0 Å². The zero-order chi connectivity index (χ0) is 28.3. The van der Waals surface area contributed by atoms with Gasteiger partial charge in [-0.15, -0.1) is 0 Å². The Morgan fingerprint density at radius 2 is 1.49 bits per heavy atom. The molecule has 8 nitrogen and oxygen atoms in total. The lowest BCUT2D eigenvalue weighted by molar-refractivity contribution is -0.139. The van der Waals surface area contributed by atoms with Crippen molar-refractivity contribution in [3.63, 3.8) is 0 Å². The van der Waals surface area contributed by atoms with Gasteiger partial charge in [0, 0.05) is 13.1 Å². The van der Waals surface area contributed by atoms with Gasteiger partial charge in [-0.2, -0.15) is 0 Å². The minimum atomic E-state index is -4.15. The van der Waals surface area contributed by atoms with Gasteiger partial charge in [0.2, 0.25) is 11.8 Å². The third-order valence-electron chi connectivity index (χ3n) is 6.26. The molecule has 1 atom stereocenters. The number of amides is 2. The molecular formula is C30H37N3O5S. The van der Waals surface area contributed by atoms with Crippen LogP contribution in [0, 0.1) is 0 Å². The maximum atomic E-state index is 14.0. The van der Waals surface area contributed by atoms with Crippen LogP contribution in [0.25, 0.3) is 0 Å². The summed E-state index contributed by atoms with van der Waals surface area (Å²) in [6, 6.07) is 23.6. The van der Waals surface area contributed by atoms with Crippen molar-refractivity contribution in [2.75, 3.05) is 30.5 Å². The average Bonchev–Trinajstić information content (AvgIpc) is 2.95. The molecule has 3 aromatic rings. The molecular weight excluding hydrogens is 514 g/mol. The topological polar surface area (TPSA) is 96.0 Å². The van der Waals surface area contributed by atoms with E-state index < -0.39 is 28.5 Å². The Bertz CT molecular complexity index is 1320. The SMILES string of the molecule is CCNC(=O)[C@@H](CC)N(CCc1ccccc1)C(=O)CN(c1ccccc1OCC)S(=O)(=O)c1ccccc1. The van der Waals surface area contributed by atoms with Gasteiger partial charge in [0.1, 0.15) is 18.3 Å². The molecule has 0 radical (unpaired) electrons. The minimum absolute atomic E-state index is 0.0516. The molecule has 0 aliphatic carbocycles. The summed E-state index contributed by atoms with van der Waals surface area (Å²) in [5.41, 5.74) is 1.27. The standard InChI is InChI=1S/C30H37N3O5S/c1-4-26(30(35)31-5-2)32(22-21-24-15-9-7-10-16-24)29(34)23-33(27-19-13-14-20-28(27)38-6-3)39(36,37)25-17-11-8-12-18-25/h7-20,26H,4-6,21-23H2,1-3H3,(H,31,35)/t26-/m1/s1. The molecule has 0 unspecified atom stereocenters. The average molecular weight is 552 g/mol. The number of carbonyl (C=O) groups is 2. The van der Waals surface area contributed by atoms with Gasteiger partial charge < -0.3 is 15.0 Å².